The first-order chi connectivity index (χ1) is 9.40. The smallest absolute Gasteiger partial charge is 0.375 e. The molecule has 0 bridgehead atoms. The first kappa shape index (κ1) is 16.5. The van der Waals surface area contributed by atoms with Gasteiger partial charge in [-0.3, -0.25) is 0 Å². The number of halogens is 3. The summed E-state index contributed by atoms with van der Waals surface area (Å²) < 4.78 is 43.4. The average Bonchev–Trinajstić information content (AvgIpc) is 2.39. The van der Waals surface area contributed by atoms with Gasteiger partial charge in [0, 0.05) is 26.1 Å². The van der Waals surface area contributed by atoms with Gasteiger partial charge in [0.25, 0.3) is 0 Å². The predicted molar refractivity (Wildman–Crippen MR) is 68.9 cm³/mol. The van der Waals surface area contributed by atoms with Crippen molar-refractivity contribution in [2.24, 2.45) is 0 Å². The molecule has 110 valence electrons. The van der Waals surface area contributed by atoms with E-state index in [4.69, 9.17) is 10.00 Å². The summed E-state index contributed by atoms with van der Waals surface area (Å²) in [5.74, 6) is 0. The Morgan fingerprint density at radius 1 is 1.40 bits per heavy atom. The Kier molecular flexibility index (Phi) is 5.99. The Morgan fingerprint density at radius 3 is 2.65 bits per heavy atom. The van der Waals surface area contributed by atoms with Crippen molar-refractivity contribution in [3.8, 4) is 6.07 Å². The van der Waals surface area contributed by atoms with E-state index in [0.717, 1.165) is 12.1 Å². The summed E-state index contributed by atoms with van der Waals surface area (Å²) in [6, 6.07) is 6.90. The molecule has 0 spiro atoms. The van der Waals surface area contributed by atoms with E-state index in [1.807, 2.05) is 13.0 Å². The number of methoxy groups -OCH3 is 1. The minimum absolute atomic E-state index is 0.197. The van der Waals surface area contributed by atoms with Gasteiger partial charge in [-0.2, -0.15) is 18.4 Å². The van der Waals surface area contributed by atoms with Crippen LogP contribution in [-0.4, -0.2) is 19.7 Å². The van der Waals surface area contributed by atoms with Gasteiger partial charge in [-0.1, -0.05) is 12.1 Å². The van der Waals surface area contributed by atoms with Crippen molar-refractivity contribution in [3.63, 3.8) is 0 Å². The molecule has 0 saturated carbocycles. The van der Waals surface area contributed by atoms with Gasteiger partial charge in [-0.15, -0.1) is 0 Å². The Balaban J connectivity index is 2.87. The highest BCUT2D eigenvalue weighted by Crippen LogP contribution is 2.32. The SMILES string of the molecule is COC(c1cccc(C(F)(F)F)c1)C(C)NCCC#N. The first-order valence-electron chi connectivity index (χ1n) is 6.20. The van der Waals surface area contributed by atoms with Crippen molar-refractivity contribution < 1.29 is 17.9 Å². The second-order valence-electron chi connectivity index (χ2n) is 4.43. The van der Waals surface area contributed by atoms with E-state index in [-0.39, 0.29) is 6.04 Å². The molecule has 0 amide bonds. The van der Waals surface area contributed by atoms with Gasteiger partial charge in [-0.25, -0.2) is 0 Å². The molecule has 0 saturated heterocycles. The van der Waals surface area contributed by atoms with Crippen molar-refractivity contribution in [1.29, 1.82) is 5.26 Å². The Hall–Kier alpha value is -1.58. The maximum Gasteiger partial charge on any atom is 0.416 e. The minimum atomic E-state index is -4.37. The number of hydrogen-bond donors (Lipinski definition) is 1. The minimum Gasteiger partial charge on any atom is -0.375 e. The lowest BCUT2D eigenvalue weighted by atomic mass is 10.0. The van der Waals surface area contributed by atoms with Crippen LogP contribution in [0.3, 0.4) is 0 Å². The Labute approximate surface area is 116 Å². The zero-order valence-corrected chi connectivity index (χ0v) is 11.4. The summed E-state index contributed by atoms with van der Waals surface area (Å²) in [6.45, 7) is 2.28. The van der Waals surface area contributed by atoms with Crippen LogP contribution in [-0.2, 0) is 10.9 Å². The zero-order valence-electron chi connectivity index (χ0n) is 11.4. The van der Waals surface area contributed by atoms with Gasteiger partial charge >= 0.3 is 6.18 Å². The van der Waals surface area contributed by atoms with E-state index in [9.17, 15) is 13.2 Å². The maximum absolute atomic E-state index is 12.7. The van der Waals surface area contributed by atoms with E-state index < -0.39 is 17.8 Å². The summed E-state index contributed by atoms with van der Waals surface area (Å²) in [5, 5.41) is 11.5. The molecule has 6 heteroatoms. The second kappa shape index (κ2) is 7.27. The number of hydrogen-bond acceptors (Lipinski definition) is 3. The Morgan fingerprint density at radius 2 is 2.10 bits per heavy atom. The second-order valence-corrected chi connectivity index (χ2v) is 4.43. The molecule has 1 aromatic rings. The molecule has 1 N–H and O–H groups in total. The molecular weight excluding hydrogens is 269 g/mol. The van der Waals surface area contributed by atoms with Crippen LogP contribution >= 0.6 is 0 Å². The fraction of sp³-hybridized carbons (Fsp3) is 0.500. The number of nitriles is 1. The number of alkyl halides is 3. The third kappa shape index (κ3) is 4.51. The molecule has 20 heavy (non-hydrogen) atoms. The molecule has 1 rings (SSSR count). The molecule has 0 heterocycles. The van der Waals surface area contributed by atoms with E-state index in [1.54, 1.807) is 6.07 Å². The van der Waals surface area contributed by atoms with Gasteiger partial charge in [0.05, 0.1) is 17.7 Å². The summed E-state index contributed by atoms with van der Waals surface area (Å²) in [6.07, 6.45) is -4.54. The highest BCUT2D eigenvalue weighted by molar-refractivity contribution is 5.28. The van der Waals surface area contributed by atoms with Crippen LogP contribution < -0.4 is 5.32 Å². The standard InChI is InChI=1S/C14H17F3N2O/c1-10(19-8-4-7-18)13(20-2)11-5-3-6-12(9-11)14(15,16)17/h3,5-6,9-10,13,19H,4,8H2,1-2H3. The van der Waals surface area contributed by atoms with E-state index >= 15 is 0 Å². The van der Waals surface area contributed by atoms with Gasteiger partial charge < -0.3 is 10.1 Å². The number of nitrogens with zero attached hydrogens (tertiary/aromatic N) is 1. The molecule has 2 unspecified atom stereocenters. The quantitative estimate of drug-likeness (QED) is 0.816. The first-order valence-corrected chi connectivity index (χ1v) is 6.20. The molecule has 0 fully saturated rings. The number of benzene rings is 1. The van der Waals surface area contributed by atoms with Crippen molar-refractivity contribution >= 4 is 0 Å². The molecular formula is C14H17F3N2O. The van der Waals surface area contributed by atoms with E-state index in [2.05, 4.69) is 5.32 Å². The molecule has 2 atom stereocenters. The normalized spacial score (nSPS) is 14.6. The van der Waals surface area contributed by atoms with Gasteiger partial charge in [0.15, 0.2) is 0 Å². The molecule has 0 aliphatic rings. The highest BCUT2D eigenvalue weighted by Gasteiger charge is 2.31. The zero-order chi connectivity index (χ0) is 15.2. The van der Waals surface area contributed by atoms with Crippen molar-refractivity contribution in [2.75, 3.05) is 13.7 Å². The van der Waals surface area contributed by atoms with Crippen LogP contribution in [0, 0.1) is 11.3 Å². The summed E-state index contributed by atoms with van der Waals surface area (Å²) in [5.41, 5.74) is -0.236. The predicted octanol–water partition coefficient (Wildman–Crippen LogP) is 3.28. The maximum atomic E-state index is 12.7. The van der Waals surface area contributed by atoms with Crippen LogP contribution in [0.25, 0.3) is 0 Å². The van der Waals surface area contributed by atoms with Crippen LogP contribution in [0.2, 0.25) is 0 Å². The monoisotopic (exact) mass is 286 g/mol. The molecule has 3 nitrogen and oxygen atoms in total. The number of ether oxygens (including phenoxy) is 1. The van der Waals surface area contributed by atoms with Crippen LogP contribution in [0.4, 0.5) is 13.2 Å². The van der Waals surface area contributed by atoms with Crippen LogP contribution in [0.15, 0.2) is 24.3 Å². The van der Waals surface area contributed by atoms with Crippen molar-refractivity contribution in [3.05, 3.63) is 35.4 Å². The summed E-state index contributed by atoms with van der Waals surface area (Å²) >= 11 is 0. The topological polar surface area (TPSA) is 45.0 Å². The molecule has 0 aromatic heterocycles. The largest absolute Gasteiger partial charge is 0.416 e. The Bertz CT molecular complexity index is 468. The lowest BCUT2D eigenvalue weighted by Gasteiger charge is -2.24. The highest BCUT2D eigenvalue weighted by atomic mass is 19.4. The van der Waals surface area contributed by atoms with Crippen LogP contribution in [0.1, 0.15) is 30.6 Å². The number of nitrogens with one attached hydrogen (secondary N) is 1. The van der Waals surface area contributed by atoms with Crippen molar-refractivity contribution in [2.45, 2.75) is 31.7 Å². The van der Waals surface area contributed by atoms with E-state index in [1.165, 1.54) is 13.2 Å². The molecule has 1 aromatic carbocycles. The van der Waals surface area contributed by atoms with Crippen LogP contribution in [0.5, 0.6) is 0 Å². The average molecular weight is 286 g/mol. The van der Waals surface area contributed by atoms with E-state index in [0.29, 0.717) is 18.5 Å². The summed E-state index contributed by atoms with van der Waals surface area (Å²) in [7, 11) is 1.45. The third-order valence-electron chi connectivity index (χ3n) is 2.95. The molecule has 0 radical (unpaired) electrons. The third-order valence-corrected chi connectivity index (χ3v) is 2.95. The van der Waals surface area contributed by atoms with Gasteiger partial charge in [0.1, 0.15) is 0 Å². The summed E-state index contributed by atoms with van der Waals surface area (Å²) in [4.78, 5) is 0. The fourth-order valence-electron chi connectivity index (χ4n) is 1.98. The number of rotatable bonds is 6. The van der Waals surface area contributed by atoms with Gasteiger partial charge in [0.2, 0.25) is 0 Å². The van der Waals surface area contributed by atoms with Gasteiger partial charge in [-0.05, 0) is 24.6 Å². The molecule has 0 aliphatic heterocycles. The fourth-order valence-corrected chi connectivity index (χ4v) is 1.98. The lowest BCUT2D eigenvalue weighted by molar-refractivity contribution is -0.137. The lowest BCUT2D eigenvalue weighted by Crippen LogP contribution is -2.33. The molecule has 0 aliphatic carbocycles. The van der Waals surface area contributed by atoms with Crippen molar-refractivity contribution in [1.82, 2.24) is 5.32 Å².